The zero-order valence-electron chi connectivity index (χ0n) is 9.53. The largest absolute Gasteiger partial charge is 0.384 e. The molecule has 0 radical (unpaired) electrons. The number of nitrogens with zero attached hydrogens (tertiary/aromatic N) is 1. The lowest BCUT2D eigenvalue weighted by Crippen LogP contribution is -2.29. The van der Waals surface area contributed by atoms with Crippen LogP contribution >= 0.6 is 11.8 Å². The number of amides is 1. The molecule has 1 amide bonds. The van der Waals surface area contributed by atoms with E-state index in [1.807, 2.05) is 6.92 Å². The number of methoxy groups -OCH3 is 1. The fourth-order valence-corrected chi connectivity index (χ4v) is 1.87. The smallest absolute Gasteiger partial charge is 0.230 e. The molecule has 1 unspecified atom stereocenters. The van der Waals surface area contributed by atoms with Gasteiger partial charge in [0, 0.05) is 25.3 Å². The van der Waals surface area contributed by atoms with Gasteiger partial charge in [0.05, 0.1) is 18.4 Å². The fourth-order valence-electron chi connectivity index (χ4n) is 1.17. The summed E-state index contributed by atoms with van der Waals surface area (Å²) >= 11 is 1.56. The summed E-state index contributed by atoms with van der Waals surface area (Å²) in [5.74, 6) is 2.08. The zero-order valence-corrected chi connectivity index (χ0v) is 10.3. The predicted octanol–water partition coefficient (Wildman–Crippen LogP) is 0.966. The van der Waals surface area contributed by atoms with Crippen molar-refractivity contribution < 1.29 is 9.53 Å². The molecule has 6 heteroatoms. The highest BCUT2D eigenvalue weighted by atomic mass is 32.2. The number of thioether (sulfide) groups is 1. The van der Waals surface area contributed by atoms with Crippen LogP contribution in [0.2, 0.25) is 0 Å². The summed E-state index contributed by atoms with van der Waals surface area (Å²) in [7, 11) is 1.65. The van der Waals surface area contributed by atoms with Gasteiger partial charge in [0.1, 0.15) is 5.82 Å². The quantitative estimate of drug-likeness (QED) is 0.700. The molecule has 2 N–H and O–H groups in total. The van der Waals surface area contributed by atoms with Gasteiger partial charge in [-0.05, 0) is 6.92 Å². The van der Waals surface area contributed by atoms with Crippen molar-refractivity contribution in [2.75, 3.05) is 25.2 Å². The van der Waals surface area contributed by atoms with Crippen LogP contribution in [0.5, 0.6) is 0 Å². The molecule has 1 atom stereocenters. The summed E-state index contributed by atoms with van der Waals surface area (Å²) in [6.45, 7) is 2.57. The third-order valence-electron chi connectivity index (χ3n) is 1.97. The summed E-state index contributed by atoms with van der Waals surface area (Å²) in [4.78, 5) is 18.5. The van der Waals surface area contributed by atoms with Crippen molar-refractivity contribution in [1.82, 2.24) is 15.3 Å². The maximum Gasteiger partial charge on any atom is 0.230 e. The number of imidazole rings is 1. The van der Waals surface area contributed by atoms with E-state index < -0.39 is 0 Å². The number of carbonyl (C=O) groups excluding carboxylic acids is 1. The van der Waals surface area contributed by atoms with Gasteiger partial charge in [-0.15, -0.1) is 11.8 Å². The van der Waals surface area contributed by atoms with Crippen molar-refractivity contribution in [2.24, 2.45) is 0 Å². The first kappa shape index (κ1) is 13.1. The predicted molar refractivity (Wildman–Crippen MR) is 64.3 cm³/mol. The van der Waals surface area contributed by atoms with Crippen LogP contribution in [0.25, 0.3) is 0 Å². The molecule has 1 rings (SSSR count). The maximum absolute atomic E-state index is 11.5. The van der Waals surface area contributed by atoms with Gasteiger partial charge in [-0.25, -0.2) is 4.98 Å². The first-order chi connectivity index (χ1) is 7.74. The topological polar surface area (TPSA) is 67.0 Å². The minimum absolute atomic E-state index is 0.0185. The highest BCUT2D eigenvalue weighted by molar-refractivity contribution is 7.99. The van der Waals surface area contributed by atoms with E-state index >= 15 is 0 Å². The Bertz CT molecular complexity index is 303. The molecule has 90 valence electrons. The third kappa shape index (κ3) is 4.67. The monoisotopic (exact) mass is 243 g/mol. The van der Waals surface area contributed by atoms with Crippen LogP contribution in [0.1, 0.15) is 18.8 Å². The van der Waals surface area contributed by atoms with E-state index in [4.69, 9.17) is 4.74 Å². The van der Waals surface area contributed by atoms with Gasteiger partial charge in [-0.3, -0.25) is 4.79 Å². The molecule has 1 heterocycles. The van der Waals surface area contributed by atoms with Gasteiger partial charge >= 0.3 is 0 Å². The molecule has 1 aromatic rings. The number of hydrogen-bond acceptors (Lipinski definition) is 4. The first-order valence-electron chi connectivity index (χ1n) is 5.09. The molecule has 0 aromatic carbocycles. The van der Waals surface area contributed by atoms with Crippen LogP contribution in [0.3, 0.4) is 0 Å². The van der Waals surface area contributed by atoms with Crippen LogP contribution in [-0.2, 0) is 9.53 Å². The molecule has 1 aromatic heterocycles. The van der Waals surface area contributed by atoms with E-state index in [0.717, 1.165) is 11.6 Å². The van der Waals surface area contributed by atoms with E-state index in [1.165, 1.54) is 0 Å². The highest BCUT2D eigenvalue weighted by Gasteiger charge is 2.10. The van der Waals surface area contributed by atoms with Gasteiger partial charge in [0.15, 0.2) is 0 Å². The molecule has 0 spiro atoms. The number of nitrogens with one attached hydrogen (secondary N) is 2. The Labute approximate surface area is 99.4 Å². The Morgan fingerprint density at radius 2 is 2.56 bits per heavy atom. The first-order valence-corrected chi connectivity index (χ1v) is 6.25. The van der Waals surface area contributed by atoms with Gasteiger partial charge in [0.2, 0.25) is 5.91 Å². The molecule has 5 nitrogen and oxygen atoms in total. The van der Waals surface area contributed by atoms with Crippen LogP contribution in [0.4, 0.5) is 0 Å². The van der Waals surface area contributed by atoms with E-state index in [9.17, 15) is 4.79 Å². The van der Waals surface area contributed by atoms with E-state index in [1.54, 1.807) is 31.3 Å². The molecule has 0 saturated carbocycles. The average Bonchev–Trinajstić information content (AvgIpc) is 2.77. The number of aromatic amines is 1. The van der Waals surface area contributed by atoms with E-state index in [-0.39, 0.29) is 11.9 Å². The minimum Gasteiger partial charge on any atom is -0.384 e. The molecule has 0 fully saturated rings. The Morgan fingerprint density at radius 3 is 3.19 bits per heavy atom. The maximum atomic E-state index is 11.5. The molecule has 0 aliphatic heterocycles. The fraction of sp³-hybridized carbons (Fsp3) is 0.600. The zero-order chi connectivity index (χ0) is 11.8. The molecular weight excluding hydrogens is 226 g/mol. The van der Waals surface area contributed by atoms with Crippen molar-refractivity contribution in [3.63, 3.8) is 0 Å². The second-order valence-corrected chi connectivity index (χ2v) is 4.41. The lowest BCUT2D eigenvalue weighted by molar-refractivity contribution is -0.119. The van der Waals surface area contributed by atoms with Crippen LogP contribution in [-0.4, -0.2) is 41.1 Å². The Hall–Kier alpha value is -1.01. The van der Waals surface area contributed by atoms with Crippen molar-refractivity contribution in [2.45, 2.75) is 13.0 Å². The minimum atomic E-state index is -0.0782. The standard InChI is InChI=1S/C10H17N3O2S/c1-8(10-11-3-4-12-10)13-9(14)7-16-6-5-15-2/h3-4,8H,5-7H2,1-2H3,(H,11,12)(H,13,14). The summed E-state index contributed by atoms with van der Waals surface area (Å²) in [5, 5.41) is 2.86. The SMILES string of the molecule is COCCSCC(=O)NC(C)c1ncc[nH]1. The van der Waals surface area contributed by atoms with Crippen molar-refractivity contribution in [1.29, 1.82) is 0 Å². The summed E-state index contributed by atoms with van der Waals surface area (Å²) in [6.07, 6.45) is 3.41. The number of rotatable bonds is 7. The Morgan fingerprint density at radius 1 is 1.75 bits per heavy atom. The summed E-state index contributed by atoms with van der Waals surface area (Å²) in [5.41, 5.74) is 0. The average molecular weight is 243 g/mol. The molecule has 16 heavy (non-hydrogen) atoms. The van der Waals surface area contributed by atoms with E-state index in [2.05, 4.69) is 15.3 Å². The lowest BCUT2D eigenvalue weighted by Gasteiger charge is -2.11. The molecule has 0 bridgehead atoms. The summed E-state index contributed by atoms with van der Waals surface area (Å²) in [6, 6.07) is -0.0782. The van der Waals surface area contributed by atoms with Crippen molar-refractivity contribution in [3.8, 4) is 0 Å². The van der Waals surface area contributed by atoms with E-state index in [0.29, 0.717) is 12.4 Å². The highest BCUT2D eigenvalue weighted by Crippen LogP contribution is 2.06. The third-order valence-corrected chi connectivity index (χ3v) is 2.89. The number of ether oxygens (including phenoxy) is 1. The van der Waals surface area contributed by atoms with Gasteiger partial charge in [-0.1, -0.05) is 0 Å². The van der Waals surface area contributed by atoms with Gasteiger partial charge < -0.3 is 15.0 Å². The second-order valence-electron chi connectivity index (χ2n) is 3.31. The summed E-state index contributed by atoms with van der Waals surface area (Å²) < 4.78 is 4.90. The lowest BCUT2D eigenvalue weighted by atomic mass is 10.3. The van der Waals surface area contributed by atoms with Crippen molar-refractivity contribution >= 4 is 17.7 Å². The molecular formula is C10H17N3O2S. The van der Waals surface area contributed by atoms with Crippen LogP contribution in [0, 0.1) is 0 Å². The second kappa shape index (κ2) is 7.29. The van der Waals surface area contributed by atoms with Gasteiger partial charge in [-0.2, -0.15) is 0 Å². The van der Waals surface area contributed by atoms with Crippen LogP contribution in [0.15, 0.2) is 12.4 Å². The number of hydrogen-bond donors (Lipinski definition) is 2. The number of H-pyrrole nitrogens is 1. The number of aromatic nitrogens is 2. The molecule has 0 saturated heterocycles. The Kier molecular flexibility index (Phi) is 5.95. The molecule has 0 aliphatic carbocycles. The number of carbonyl (C=O) groups is 1. The Balaban J connectivity index is 2.19. The molecule has 0 aliphatic rings. The van der Waals surface area contributed by atoms with Crippen molar-refractivity contribution in [3.05, 3.63) is 18.2 Å². The van der Waals surface area contributed by atoms with Crippen LogP contribution < -0.4 is 5.32 Å². The normalized spacial score (nSPS) is 12.4. The van der Waals surface area contributed by atoms with Gasteiger partial charge in [0.25, 0.3) is 0 Å².